The minimum absolute atomic E-state index is 0. The van der Waals surface area contributed by atoms with Crippen LogP contribution < -0.4 is 10.6 Å². The molecule has 3 fully saturated rings. The SMILES string of the molecule is CC1NCCN(C(=O)C2CCC(NC(=O)CC3CCCCC3)CC2)C1C.Cl. The van der Waals surface area contributed by atoms with Crippen LogP contribution >= 0.6 is 12.4 Å². The van der Waals surface area contributed by atoms with Crippen molar-refractivity contribution in [1.29, 1.82) is 0 Å². The Balaban J connectivity index is 0.00000261. The van der Waals surface area contributed by atoms with Crippen LogP contribution in [0.1, 0.15) is 78.1 Å². The van der Waals surface area contributed by atoms with Crippen LogP contribution in [0.2, 0.25) is 0 Å². The van der Waals surface area contributed by atoms with Crippen molar-refractivity contribution in [1.82, 2.24) is 15.5 Å². The second kappa shape index (κ2) is 10.7. The zero-order valence-electron chi connectivity index (χ0n) is 17.0. The van der Waals surface area contributed by atoms with E-state index in [1.54, 1.807) is 0 Å². The first-order chi connectivity index (χ1) is 12.5. The lowest BCUT2D eigenvalue weighted by atomic mass is 9.84. The average molecular weight is 400 g/mol. The van der Waals surface area contributed by atoms with Crippen LogP contribution in [-0.2, 0) is 9.59 Å². The van der Waals surface area contributed by atoms with E-state index in [1.165, 1.54) is 32.1 Å². The van der Waals surface area contributed by atoms with Gasteiger partial charge in [-0.05, 0) is 58.3 Å². The predicted molar refractivity (Wildman–Crippen MR) is 111 cm³/mol. The van der Waals surface area contributed by atoms with Gasteiger partial charge in [0.05, 0.1) is 0 Å². The molecular weight excluding hydrogens is 362 g/mol. The van der Waals surface area contributed by atoms with E-state index in [4.69, 9.17) is 0 Å². The Morgan fingerprint density at radius 1 is 1.00 bits per heavy atom. The highest BCUT2D eigenvalue weighted by Crippen LogP contribution is 2.29. The summed E-state index contributed by atoms with van der Waals surface area (Å²) in [6.45, 7) is 6.01. The average Bonchev–Trinajstić information content (AvgIpc) is 2.65. The van der Waals surface area contributed by atoms with Crippen molar-refractivity contribution >= 4 is 24.2 Å². The van der Waals surface area contributed by atoms with Gasteiger partial charge in [-0.15, -0.1) is 12.4 Å². The fourth-order valence-corrected chi connectivity index (χ4v) is 5.03. The number of hydrogen-bond acceptors (Lipinski definition) is 3. The molecular formula is C21H38ClN3O2. The molecule has 2 unspecified atom stereocenters. The Morgan fingerprint density at radius 2 is 1.67 bits per heavy atom. The molecule has 2 amide bonds. The van der Waals surface area contributed by atoms with Crippen LogP contribution in [0.5, 0.6) is 0 Å². The maximum atomic E-state index is 12.9. The summed E-state index contributed by atoms with van der Waals surface area (Å²) in [7, 11) is 0. The van der Waals surface area contributed by atoms with Gasteiger partial charge < -0.3 is 15.5 Å². The number of nitrogens with zero attached hydrogens (tertiary/aromatic N) is 1. The van der Waals surface area contributed by atoms with Gasteiger partial charge in [-0.25, -0.2) is 0 Å². The van der Waals surface area contributed by atoms with Crippen molar-refractivity contribution in [2.45, 2.75) is 96.2 Å². The third-order valence-electron chi connectivity index (χ3n) is 6.96. The van der Waals surface area contributed by atoms with Crippen molar-refractivity contribution in [3.05, 3.63) is 0 Å². The monoisotopic (exact) mass is 399 g/mol. The molecule has 3 rings (SSSR count). The second-order valence-corrected chi connectivity index (χ2v) is 8.84. The summed E-state index contributed by atoms with van der Waals surface area (Å²) in [5.74, 6) is 1.31. The van der Waals surface area contributed by atoms with Crippen molar-refractivity contribution in [2.24, 2.45) is 11.8 Å². The van der Waals surface area contributed by atoms with Gasteiger partial charge in [0, 0.05) is 43.6 Å². The molecule has 0 aromatic heterocycles. The summed E-state index contributed by atoms with van der Waals surface area (Å²) >= 11 is 0. The smallest absolute Gasteiger partial charge is 0.226 e. The molecule has 2 saturated carbocycles. The lowest BCUT2D eigenvalue weighted by Crippen LogP contribution is -2.58. The van der Waals surface area contributed by atoms with E-state index >= 15 is 0 Å². The zero-order valence-corrected chi connectivity index (χ0v) is 17.9. The maximum Gasteiger partial charge on any atom is 0.226 e. The molecule has 0 bridgehead atoms. The molecule has 27 heavy (non-hydrogen) atoms. The zero-order chi connectivity index (χ0) is 18.5. The van der Waals surface area contributed by atoms with Crippen molar-refractivity contribution in [2.75, 3.05) is 13.1 Å². The van der Waals surface area contributed by atoms with Crippen LogP contribution in [0.25, 0.3) is 0 Å². The molecule has 2 N–H and O–H groups in total. The summed E-state index contributed by atoms with van der Waals surface area (Å²) in [4.78, 5) is 27.3. The number of nitrogens with one attached hydrogen (secondary N) is 2. The molecule has 1 aliphatic heterocycles. The summed E-state index contributed by atoms with van der Waals surface area (Å²) in [5, 5.41) is 6.69. The molecule has 156 valence electrons. The largest absolute Gasteiger partial charge is 0.353 e. The number of rotatable bonds is 4. The highest BCUT2D eigenvalue weighted by molar-refractivity contribution is 5.85. The Morgan fingerprint density at radius 3 is 2.33 bits per heavy atom. The Kier molecular flexibility index (Phi) is 8.87. The number of carbonyl (C=O) groups is 2. The van der Waals surface area contributed by atoms with Gasteiger partial charge in [-0.3, -0.25) is 9.59 Å². The molecule has 1 heterocycles. The minimum Gasteiger partial charge on any atom is -0.353 e. The first-order valence-electron chi connectivity index (χ1n) is 10.9. The highest BCUT2D eigenvalue weighted by Gasteiger charge is 2.34. The van der Waals surface area contributed by atoms with Crippen molar-refractivity contribution in [3.63, 3.8) is 0 Å². The molecule has 3 aliphatic rings. The lowest BCUT2D eigenvalue weighted by Gasteiger charge is -2.41. The molecule has 0 aromatic carbocycles. The number of hydrogen-bond donors (Lipinski definition) is 2. The van der Waals surface area contributed by atoms with Crippen LogP contribution in [0.15, 0.2) is 0 Å². The van der Waals surface area contributed by atoms with Gasteiger partial charge in [-0.2, -0.15) is 0 Å². The molecule has 0 spiro atoms. The molecule has 2 aliphatic carbocycles. The number of amides is 2. The number of halogens is 1. The van der Waals surface area contributed by atoms with Crippen LogP contribution in [0, 0.1) is 11.8 Å². The molecule has 0 radical (unpaired) electrons. The third kappa shape index (κ3) is 6.08. The van der Waals surface area contributed by atoms with E-state index in [-0.39, 0.29) is 36.3 Å². The van der Waals surface area contributed by atoms with Crippen molar-refractivity contribution in [3.8, 4) is 0 Å². The van der Waals surface area contributed by atoms with E-state index in [1.807, 2.05) is 0 Å². The Hall–Kier alpha value is -0.810. The van der Waals surface area contributed by atoms with Gasteiger partial charge in [0.25, 0.3) is 0 Å². The maximum absolute atomic E-state index is 12.9. The van der Waals surface area contributed by atoms with E-state index in [9.17, 15) is 9.59 Å². The lowest BCUT2D eigenvalue weighted by molar-refractivity contribution is -0.140. The van der Waals surface area contributed by atoms with Gasteiger partial charge in [-0.1, -0.05) is 19.3 Å². The van der Waals surface area contributed by atoms with Crippen molar-refractivity contribution < 1.29 is 9.59 Å². The normalized spacial score (nSPS) is 32.4. The fourth-order valence-electron chi connectivity index (χ4n) is 5.03. The quantitative estimate of drug-likeness (QED) is 0.762. The number of piperazine rings is 1. The minimum atomic E-state index is 0. The van der Waals surface area contributed by atoms with E-state index < -0.39 is 0 Å². The fraction of sp³-hybridized carbons (Fsp3) is 0.905. The summed E-state index contributed by atoms with van der Waals surface area (Å²) in [6.07, 6.45) is 10.8. The standard InChI is InChI=1S/C21H37N3O2.ClH/c1-15-16(2)24(13-12-22-15)21(26)18-8-10-19(11-9-18)23-20(25)14-17-6-4-3-5-7-17;/h15-19,22H,3-14H2,1-2H3,(H,23,25);1H. The van der Waals surface area contributed by atoms with Gasteiger partial charge in [0.2, 0.25) is 11.8 Å². The molecule has 5 nitrogen and oxygen atoms in total. The third-order valence-corrected chi connectivity index (χ3v) is 6.96. The van der Waals surface area contributed by atoms with Crippen LogP contribution in [-0.4, -0.2) is 47.9 Å². The Labute approximate surface area is 170 Å². The van der Waals surface area contributed by atoms with E-state index in [0.717, 1.165) is 38.8 Å². The van der Waals surface area contributed by atoms with E-state index in [2.05, 4.69) is 29.4 Å². The number of carbonyl (C=O) groups excluding carboxylic acids is 2. The molecule has 2 atom stereocenters. The highest BCUT2D eigenvalue weighted by atomic mass is 35.5. The van der Waals surface area contributed by atoms with Crippen LogP contribution in [0.4, 0.5) is 0 Å². The first kappa shape index (κ1) is 22.5. The Bertz CT molecular complexity index is 488. The van der Waals surface area contributed by atoms with Crippen LogP contribution in [0.3, 0.4) is 0 Å². The second-order valence-electron chi connectivity index (χ2n) is 8.84. The van der Waals surface area contributed by atoms with Gasteiger partial charge >= 0.3 is 0 Å². The molecule has 6 heteroatoms. The first-order valence-corrected chi connectivity index (χ1v) is 10.9. The van der Waals surface area contributed by atoms with Gasteiger partial charge in [0.15, 0.2) is 0 Å². The predicted octanol–water partition coefficient (Wildman–Crippen LogP) is 3.26. The summed E-state index contributed by atoms with van der Waals surface area (Å²) in [5.41, 5.74) is 0. The van der Waals surface area contributed by atoms with Gasteiger partial charge in [0.1, 0.15) is 0 Å². The topological polar surface area (TPSA) is 61.4 Å². The summed E-state index contributed by atoms with van der Waals surface area (Å²) < 4.78 is 0. The van der Waals surface area contributed by atoms with E-state index in [0.29, 0.717) is 24.3 Å². The molecule has 0 aromatic rings. The summed E-state index contributed by atoms with van der Waals surface area (Å²) in [6, 6.07) is 0.904. The molecule has 1 saturated heterocycles.